The summed E-state index contributed by atoms with van der Waals surface area (Å²) >= 11 is 0.331. The van der Waals surface area contributed by atoms with Crippen molar-refractivity contribution in [1.29, 1.82) is 15.8 Å². The van der Waals surface area contributed by atoms with Gasteiger partial charge in [0.2, 0.25) is 0 Å². The summed E-state index contributed by atoms with van der Waals surface area (Å²) in [6, 6.07) is 0. The SMILES string of the molecule is N#COSOC#N.N#C[O-].[K+]. The predicted octanol–water partition coefficient (Wildman–Crippen LogP) is -3.62. The van der Waals surface area contributed by atoms with E-state index in [1.165, 1.54) is 12.5 Å². The Labute approximate surface area is 110 Å². The molecule has 0 rings (SSSR count). The average molecular weight is 197 g/mol. The molecule has 0 unspecified atom stereocenters. The van der Waals surface area contributed by atoms with E-state index in [9.17, 15) is 0 Å². The third-order valence-electron chi connectivity index (χ3n) is 0.143. The monoisotopic (exact) mass is 197 g/mol. The van der Waals surface area contributed by atoms with Crippen LogP contribution in [0.25, 0.3) is 0 Å². The molecule has 0 saturated carbocycles. The van der Waals surface area contributed by atoms with E-state index >= 15 is 0 Å². The van der Waals surface area contributed by atoms with Crippen molar-refractivity contribution in [2.45, 2.75) is 0 Å². The summed E-state index contributed by atoms with van der Waals surface area (Å²) in [5.41, 5.74) is 0. The molecule has 52 valence electrons. The maximum atomic E-state index is 8.24. The molecule has 0 atom stereocenters. The summed E-state index contributed by atoms with van der Waals surface area (Å²) in [7, 11) is 0. The quantitative estimate of drug-likeness (QED) is 0.194. The van der Waals surface area contributed by atoms with Crippen LogP contribution in [0.2, 0.25) is 0 Å². The molecule has 0 aromatic carbocycles. The molecule has 8 heteroatoms. The van der Waals surface area contributed by atoms with E-state index in [-0.39, 0.29) is 51.4 Å². The number of rotatable bonds is 2. The van der Waals surface area contributed by atoms with Crippen LogP contribution in [0.4, 0.5) is 0 Å². The van der Waals surface area contributed by atoms with E-state index in [0.717, 1.165) is 0 Å². The largest absolute Gasteiger partial charge is 1.00 e. The number of hydrogen-bond acceptors (Lipinski definition) is 7. The van der Waals surface area contributed by atoms with Gasteiger partial charge in [0.25, 0.3) is 0 Å². The van der Waals surface area contributed by atoms with Crippen molar-refractivity contribution >= 4 is 12.3 Å². The summed E-state index contributed by atoms with van der Waals surface area (Å²) in [6.45, 7) is 0. The molecule has 6 nitrogen and oxygen atoms in total. The fourth-order valence-electron chi connectivity index (χ4n) is 0.0474. The van der Waals surface area contributed by atoms with Crippen LogP contribution in [-0.4, -0.2) is 0 Å². The van der Waals surface area contributed by atoms with Crippen LogP contribution in [0.15, 0.2) is 0 Å². The van der Waals surface area contributed by atoms with Gasteiger partial charge in [-0.05, 0) is 0 Å². The first kappa shape index (κ1) is 17.1. The van der Waals surface area contributed by atoms with Crippen LogP contribution in [0.3, 0.4) is 0 Å². The Morgan fingerprint density at radius 2 is 1.36 bits per heavy atom. The van der Waals surface area contributed by atoms with E-state index in [1.807, 2.05) is 0 Å². The molecule has 0 aliphatic rings. The third kappa shape index (κ3) is 40.9. The molecular weight excluding hydrogens is 197 g/mol. The molecule has 0 aliphatic heterocycles. The smallest absolute Gasteiger partial charge is 0.812 e. The fourth-order valence-corrected chi connectivity index (χ4v) is 0.142. The molecule has 0 heterocycles. The topological polar surface area (TPSA) is 113 Å². The van der Waals surface area contributed by atoms with Crippen LogP contribution in [-0.2, 0) is 8.37 Å². The van der Waals surface area contributed by atoms with Crippen molar-refractivity contribution < 1.29 is 64.9 Å². The first-order chi connectivity index (χ1) is 4.83. The van der Waals surface area contributed by atoms with Crippen LogP contribution >= 0.6 is 12.3 Å². The van der Waals surface area contributed by atoms with Gasteiger partial charge in [0.1, 0.15) is 0 Å². The Morgan fingerprint density at radius 1 is 1.09 bits per heavy atom. The minimum Gasteiger partial charge on any atom is -0.812 e. The second-order valence-electron chi connectivity index (χ2n) is 0.509. The van der Waals surface area contributed by atoms with Crippen molar-refractivity contribution in [3.8, 4) is 18.8 Å². The average Bonchev–Trinajstić information content (AvgIpc) is 1.91. The van der Waals surface area contributed by atoms with Crippen LogP contribution in [0, 0.1) is 34.6 Å². The van der Waals surface area contributed by atoms with E-state index in [4.69, 9.17) is 20.9 Å². The Balaban J connectivity index is -0.000000140. The first-order valence-corrected chi connectivity index (χ1v) is 2.28. The summed E-state index contributed by atoms with van der Waals surface area (Å²) in [5.74, 6) is 0. The van der Waals surface area contributed by atoms with Crippen molar-refractivity contribution in [2.24, 2.45) is 0 Å². The van der Waals surface area contributed by atoms with Crippen LogP contribution in [0.5, 0.6) is 0 Å². The summed E-state index contributed by atoms with van der Waals surface area (Å²) in [6.07, 6.45) is 3.08. The van der Waals surface area contributed by atoms with Crippen molar-refractivity contribution in [3.05, 3.63) is 0 Å². The Kier molecular flexibility index (Phi) is 35.0. The van der Waals surface area contributed by atoms with Gasteiger partial charge in [-0.1, -0.05) is 0 Å². The number of hydrogen-bond donors (Lipinski definition) is 0. The minimum absolute atomic E-state index is 0. The van der Waals surface area contributed by atoms with Gasteiger partial charge in [0.05, 0.1) is 0 Å². The molecular formula is C3KN3O3S. The normalized spacial score (nSPS) is 4.09. The first-order valence-electron chi connectivity index (χ1n) is 1.62. The molecule has 0 aromatic heterocycles. The van der Waals surface area contributed by atoms with Gasteiger partial charge in [-0.25, -0.2) is 5.26 Å². The van der Waals surface area contributed by atoms with Crippen LogP contribution < -0.4 is 56.5 Å². The maximum absolute atomic E-state index is 8.24. The molecule has 0 fully saturated rings. The molecule has 0 aliphatic carbocycles. The van der Waals surface area contributed by atoms with Gasteiger partial charge in [0, 0.05) is 6.26 Å². The summed E-state index contributed by atoms with van der Waals surface area (Å²) in [5, 5.41) is 30.2. The van der Waals surface area contributed by atoms with Crippen LogP contribution in [0.1, 0.15) is 0 Å². The zero-order chi connectivity index (χ0) is 8.24. The number of nitrogens with zero attached hydrogens (tertiary/aromatic N) is 3. The second-order valence-corrected chi connectivity index (χ2v) is 0.978. The maximum Gasteiger partial charge on any atom is 1.00 e. The predicted molar refractivity (Wildman–Crippen MR) is 26.6 cm³/mol. The van der Waals surface area contributed by atoms with Gasteiger partial charge in [0.15, 0.2) is 0 Å². The van der Waals surface area contributed by atoms with E-state index in [0.29, 0.717) is 18.6 Å². The molecule has 0 bridgehead atoms. The standard InChI is InChI=1S/C2N2O2S.CHNO.K/c3-1-5-7-6-2-4;2-1-3;/h;3H;/q;;+1/p-1. The Morgan fingerprint density at radius 3 is 1.55 bits per heavy atom. The van der Waals surface area contributed by atoms with E-state index in [1.54, 1.807) is 0 Å². The molecule has 0 aromatic rings. The molecule has 0 radical (unpaired) electrons. The molecule has 0 amide bonds. The van der Waals surface area contributed by atoms with Gasteiger partial charge in [-0.2, -0.15) is 0 Å². The Bertz CT molecular complexity index is 166. The van der Waals surface area contributed by atoms with Crippen molar-refractivity contribution in [3.63, 3.8) is 0 Å². The van der Waals surface area contributed by atoms with E-state index < -0.39 is 0 Å². The molecule has 0 N–H and O–H groups in total. The second kappa shape index (κ2) is 22.5. The molecule has 0 spiro atoms. The van der Waals surface area contributed by atoms with Crippen molar-refractivity contribution in [2.75, 3.05) is 0 Å². The van der Waals surface area contributed by atoms with Crippen molar-refractivity contribution in [1.82, 2.24) is 0 Å². The zero-order valence-electron chi connectivity index (χ0n) is 5.47. The molecule has 11 heavy (non-hydrogen) atoms. The minimum atomic E-state index is 0. The summed E-state index contributed by atoms with van der Waals surface area (Å²) in [4.78, 5) is 0. The number of nitriles is 3. The fraction of sp³-hybridized carbons (Fsp3) is 0. The van der Waals surface area contributed by atoms with E-state index in [2.05, 4.69) is 8.37 Å². The zero-order valence-corrected chi connectivity index (χ0v) is 9.41. The Hall–Kier alpha value is -0.144. The molecule has 0 saturated heterocycles. The summed E-state index contributed by atoms with van der Waals surface area (Å²) < 4.78 is 7.70. The van der Waals surface area contributed by atoms with Gasteiger partial charge >= 0.3 is 76.2 Å². The van der Waals surface area contributed by atoms with Gasteiger partial charge in [-0.15, -0.1) is 10.5 Å². The third-order valence-corrected chi connectivity index (χ3v) is 0.428. The van der Waals surface area contributed by atoms with Gasteiger partial charge < -0.3 is 13.5 Å². The van der Waals surface area contributed by atoms with Gasteiger partial charge in [-0.3, -0.25) is 0 Å².